The highest BCUT2D eigenvalue weighted by molar-refractivity contribution is 7.95. The second-order valence-electron chi connectivity index (χ2n) is 4.89. The van der Waals surface area contributed by atoms with Crippen LogP contribution in [0.25, 0.3) is 0 Å². The molecular weight excluding hydrogens is 358 g/mol. The van der Waals surface area contributed by atoms with Gasteiger partial charge in [0.15, 0.2) is 9.84 Å². The van der Waals surface area contributed by atoms with E-state index in [1.807, 2.05) is 24.3 Å². The molecule has 1 heterocycles. The van der Waals surface area contributed by atoms with Crippen molar-refractivity contribution in [2.75, 3.05) is 12.9 Å². The van der Waals surface area contributed by atoms with Gasteiger partial charge >= 0.3 is 0 Å². The first-order chi connectivity index (χ1) is 10.7. The van der Waals surface area contributed by atoms with Gasteiger partial charge in [-0.05, 0) is 42.7 Å². The molecule has 6 nitrogen and oxygen atoms in total. The summed E-state index contributed by atoms with van der Waals surface area (Å²) in [6.45, 7) is 0. The zero-order valence-corrected chi connectivity index (χ0v) is 14.9. The van der Waals surface area contributed by atoms with Crippen LogP contribution >= 0.6 is 11.3 Å². The molecule has 126 valence electrons. The van der Waals surface area contributed by atoms with Crippen LogP contribution in [0, 0.1) is 0 Å². The summed E-state index contributed by atoms with van der Waals surface area (Å²) in [4.78, 5) is 0. The summed E-state index contributed by atoms with van der Waals surface area (Å²) < 4.78 is 51.8. The summed E-state index contributed by atoms with van der Waals surface area (Å²) in [5.74, 6) is 0.694. The van der Waals surface area contributed by atoms with Crippen LogP contribution in [0.1, 0.15) is 12.0 Å². The van der Waals surface area contributed by atoms with Crippen molar-refractivity contribution >= 4 is 31.2 Å². The van der Waals surface area contributed by atoms with E-state index in [2.05, 4.69) is 0 Å². The van der Waals surface area contributed by atoms with Gasteiger partial charge in [0, 0.05) is 0 Å². The van der Waals surface area contributed by atoms with E-state index in [4.69, 9.17) is 9.88 Å². The maximum absolute atomic E-state index is 12.2. The maximum atomic E-state index is 12.2. The molecule has 0 aliphatic carbocycles. The lowest BCUT2D eigenvalue weighted by Gasteiger charge is -2.04. The largest absolute Gasteiger partial charge is 0.497 e. The van der Waals surface area contributed by atoms with Crippen molar-refractivity contribution in [3.63, 3.8) is 0 Å². The summed E-state index contributed by atoms with van der Waals surface area (Å²) in [6, 6.07) is 9.91. The van der Waals surface area contributed by atoms with Crippen molar-refractivity contribution < 1.29 is 21.6 Å². The van der Waals surface area contributed by atoms with Crippen molar-refractivity contribution in [1.82, 2.24) is 0 Å². The molecule has 9 heteroatoms. The molecule has 2 N–H and O–H groups in total. The summed E-state index contributed by atoms with van der Waals surface area (Å²) in [6.07, 6.45) is 1.05. The van der Waals surface area contributed by atoms with E-state index in [1.54, 1.807) is 7.11 Å². The fourth-order valence-corrected chi connectivity index (χ4v) is 5.63. The third-order valence-corrected chi connectivity index (χ3v) is 8.09. The number of sulfone groups is 1. The van der Waals surface area contributed by atoms with Gasteiger partial charge in [0.1, 0.15) is 14.2 Å². The third-order valence-electron chi connectivity index (χ3n) is 3.18. The Morgan fingerprint density at radius 3 is 2.13 bits per heavy atom. The Balaban J connectivity index is 1.99. The van der Waals surface area contributed by atoms with E-state index in [0.29, 0.717) is 24.2 Å². The number of primary sulfonamides is 1. The second-order valence-corrected chi connectivity index (χ2v) is 10.1. The standard InChI is InChI=1S/C14H17NO5S3/c1-20-12-6-4-11(5-7-12)3-2-10-22(16,17)13-8-9-14(21-13)23(15,18)19/h4-9H,2-3,10H2,1H3,(H2,15,18,19). The SMILES string of the molecule is COc1ccc(CCCS(=O)(=O)c2ccc(S(N)(=O)=O)s2)cc1. The number of rotatable bonds is 7. The molecule has 0 aliphatic heterocycles. The molecule has 0 fully saturated rings. The van der Waals surface area contributed by atoms with Gasteiger partial charge in [-0.15, -0.1) is 11.3 Å². The zero-order valence-electron chi connectivity index (χ0n) is 12.4. The van der Waals surface area contributed by atoms with Gasteiger partial charge in [0.25, 0.3) is 0 Å². The molecule has 23 heavy (non-hydrogen) atoms. The zero-order chi connectivity index (χ0) is 17.1. The minimum Gasteiger partial charge on any atom is -0.497 e. The predicted octanol–water partition coefficient (Wildman–Crippen LogP) is 1.81. The smallest absolute Gasteiger partial charge is 0.247 e. The average molecular weight is 375 g/mol. The Morgan fingerprint density at radius 2 is 1.61 bits per heavy atom. The lowest BCUT2D eigenvalue weighted by atomic mass is 10.1. The number of nitrogens with two attached hydrogens (primary N) is 1. The van der Waals surface area contributed by atoms with Crippen molar-refractivity contribution in [1.29, 1.82) is 0 Å². The molecule has 2 aromatic rings. The van der Waals surface area contributed by atoms with E-state index in [0.717, 1.165) is 11.3 Å². The monoisotopic (exact) mass is 375 g/mol. The topological polar surface area (TPSA) is 104 Å². The van der Waals surface area contributed by atoms with Gasteiger partial charge in [-0.2, -0.15) is 0 Å². The molecule has 0 unspecified atom stereocenters. The first-order valence-corrected chi connectivity index (χ1v) is 10.7. The summed E-state index contributed by atoms with van der Waals surface area (Å²) >= 11 is 0.680. The molecule has 1 aromatic heterocycles. The van der Waals surface area contributed by atoms with Crippen molar-refractivity contribution in [2.24, 2.45) is 5.14 Å². The highest BCUT2D eigenvalue weighted by Gasteiger charge is 2.20. The van der Waals surface area contributed by atoms with Gasteiger partial charge in [0.05, 0.1) is 12.9 Å². The Bertz CT molecular complexity index is 867. The molecule has 0 bridgehead atoms. The van der Waals surface area contributed by atoms with Gasteiger partial charge < -0.3 is 4.74 Å². The molecule has 0 amide bonds. The van der Waals surface area contributed by atoms with E-state index in [1.165, 1.54) is 12.1 Å². The number of hydrogen-bond donors (Lipinski definition) is 1. The number of benzene rings is 1. The molecule has 0 aliphatic rings. The van der Waals surface area contributed by atoms with Crippen LogP contribution in [0.15, 0.2) is 44.8 Å². The fraction of sp³-hybridized carbons (Fsp3) is 0.286. The molecule has 0 saturated heterocycles. The number of thiophene rings is 1. The molecular formula is C14H17NO5S3. The summed E-state index contributed by atoms with van der Waals surface area (Å²) in [5, 5.41) is 4.99. The molecule has 2 rings (SSSR count). The van der Waals surface area contributed by atoms with Crippen LogP contribution in [0.5, 0.6) is 5.75 Å². The van der Waals surface area contributed by atoms with Crippen LogP contribution in [0.2, 0.25) is 0 Å². The Morgan fingerprint density at radius 1 is 1.00 bits per heavy atom. The Labute approximate surface area is 139 Å². The van der Waals surface area contributed by atoms with Gasteiger partial charge in [-0.1, -0.05) is 12.1 Å². The molecule has 1 aromatic carbocycles. The van der Waals surface area contributed by atoms with E-state index in [-0.39, 0.29) is 14.2 Å². The van der Waals surface area contributed by atoms with Crippen molar-refractivity contribution in [3.05, 3.63) is 42.0 Å². The number of methoxy groups -OCH3 is 1. The Kier molecular flexibility index (Phi) is 5.45. The number of ether oxygens (including phenoxy) is 1. The normalized spacial score (nSPS) is 12.3. The van der Waals surface area contributed by atoms with Crippen molar-refractivity contribution in [3.8, 4) is 5.75 Å². The van der Waals surface area contributed by atoms with Crippen LogP contribution in [0.3, 0.4) is 0 Å². The second kappa shape index (κ2) is 7.00. The lowest BCUT2D eigenvalue weighted by molar-refractivity contribution is 0.414. The minimum absolute atomic E-state index is 0.0243. The van der Waals surface area contributed by atoms with Gasteiger partial charge in [-0.25, -0.2) is 22.0 Å². The quantitative estimate of drug-likeness (QED) is 0.795. The van der Waals surface area contributed by atoms with Crippen LogP contribution in [0.4, 0.5) is 0 Å². The predicted molar refractivity (Wildman–Crippen MR) is 89.1 cm³/mol. The van der Waals surface area contributed by atoms with E-state index < -0.39 is 19.9 Å². The van der Waals surface area contributed by atoms with Gasteiger partial charge in [-0.3, -0.25) is 0 Å². The number of hydrogen-bond acceptors (Lipinski definition) is 6. The number of sulfonamides is 1. The number of aryl methyl sites for hydroxylation is 1. The lowest BCUT2D eigenvalue weighted by Crippen LogP contribution is -2.10. The average Bonchev–Trinajstić information content (AvgIpc) is 2.98. The van der Waals surface area contributed by atoms with E-state index >= 15 is 0 Å². The highest BCUT2D eigenvalue weighted by atomic mass is 32.3. The van der Waals surface area contributed by atoms with E-state index in [9.17, 15) is 16.8 Å². The molecule has 0 saturated carbocycles. The first-order valence-electron chi connectivity index (χ1n) is 6.71. The van der Waals surface area contributed by atoms with Crippen LogP contribution in [-0.2, 0) is 26.3 Å². The third kappa shape index (κ3) is 4.77. The van der Waals surface area contributed by atoms with Crippen molar-refractivity contribution in [2.45, 2.75) is 21.3 Å². The summed E-state index contributed by atoms with van der Waals surface area (Å²) in [5.41, 5.74) is 1.01. The summed E-state index contributed by atoms with van der Waals surface area (Å²) in [7, 11) is -5.80. The first kappa shape index (κ1) is 17.9. The molecule has 0 radical (unpaired) electrons. The molecule has 0 atom stereocenters. The maximum Gasteiger partial charge on any atom is 0.247 e. The fourth-order valence-electron chi connectivity index (χ4n) is 1.98. The molecule has 0 spiro atoms. The highest BCUT2D eigenvalue weighted by Crippen LogP contribution is 2.26. The Hall–Kier alpha value is -1.42. The van der Waals surface area contributed by atoms with Crippen LogP contribution in [-0.4, -0.2) is 29.7 Å². The van der Waals surface area contributed by atoms with Crippen LogP contribution < -0.4 is 9.88 Å². The minimum atomic E-state index is -3.87. The van der Waals surface area contributed by atoms with Gasteiger partial charge in [0.2, 0.25) is 10.0 Å².